The summed E-state index contributed by atoms with van der Waals surface area (Å²) in [7, 11) is 1.70. The van der Waals surface area contributed by atoms with Crippen molar-refractivity contribution in [2.75, 3.05) is 39.8 Å². The first-order valence-electron chi connectivity index (χ1n) is 10.9. The predicted octanol–water partition coefficient (Wildman–Crippen LogP) is 3.86. The molecule has 0 spiro atoms. The topological polar surface area (TPSA) is 48.9 Å². The number of aliphatic imine (C=N–C) groups is 1. The number of hydrogen-bond acceptors (Lipinski definition) is 3. The van der Waals surface area contributed by atoms with E-state index in [0.29, 0.717) is 12.0 Å². The van der Waals surface area contributed by atoms with Gasteiger partial charge in [0, 0.05) is 38.8 Å². The molecular formula is C23H40N4O. The van der Waals surface area contributed by atoms with Gasteiger partial charge in [-0.3, -0.25) is 4.99 Å². The van der Waals surface area contributed by atoms with E-state index < -0.39 is 0 Å². The molecule has 1 aromatic rings. The second kappa shape index (κ2) is 11.9. The lowest BCUT2D eigenvalue weighted by Gasteiger charge is -2.34. The van der Waals surface area contributed by atoms with Crippen molar-refractivity contribution in [3.8, 4) is 5.75 Å². The van der Waals surface area contributed by atoms with Crippen molar-refractivity contribution < 1.29 is 4.74 Å². The maximum Gasteiger partial charge on any atom is 0.191 e. The van der Waals surface area contributed by atoms with Gasteiger partial charge in [0.05, 0.1) is 7.11 Å². The molecule has 0 aromatic heterocycles. The fourth-order valence-corrected chi connectivity index (χ4v) is 3.76. The molecule has 1 saturated heterocycles. The standard InChI is InChI=1S/C23H40N4O/c1-6-24-23(26-21-12-15-27(16-13-21)17-18(2)3)25-14-11-19(4)20-7-9-22(28-5)10-8-20/h7-10,18-19,21H,6,11-17H2,1-5H3,(H2,24,25,26). The number of guanidine groups is 1. The van der Waals surface area contributed by atoms with Gasteiger partial charge >= 0.3 is 0 Å². The summed E-state index contributed by atoms with van der Waals surface area (Å²) in [5, 5.41) is 7.07. The monoisotopic (exact) mass is 388 g/mol. The molecule has 1 heterocycles. The number of hydrogen-bond donors (Lipinski definition) is 2. The van der Waals surface area contributed by atoms with Crippen molar-refractivity contribution in [1.82, 2.24) is 15.5 Å². The summed E-state index contributed by atoms with van der Waals surface area (Å²) in [5.74, 6) is 3.10. The molecule has 0 amide bonds. The minimum atomic E-state index is 0.483. The van der Waals surface area contributed by atoms with Crippen LogP contribution in [0, 0.1) is 5.92 Å². The van der Waals surface area contributed by atoms with Crippen LogP contribution in [-0.2, 0) is 0 Å². The van der Waals surface area contributed by atoms with Gasteiger partial charge in [-0.2, -0.15) is 0 Å². The molecule has 1 aliphatic rings. The van der Waals surface area contributed by atoms with E-state index in [-0.39, 0.29) is 0 Å². The quantitative estimate of drug-likeness (QED) is 0.498. The summed E-state index contributed by atoms with van der Waals surface area (Å²) < 4.78 is 5.24. The molecule has 0 radical (unpaired) electrons. The summed E-state index contributed by atoms with van der Waals surface area (Å²) in [6, 6.07) is 8.90. The van der Waals surface area contributed by atoms with Gasteiger partial charge in [-0.25, -0.2) is 0 Å². The second-order valence-electron chi connectivity index (χ2n) is 8.34. The minimum Gasteiger partial charge on any atom is -0.497 e. The Kier molecular flexibility index (Phi) is 9.62. The molecule has 2 rings (SSSR count). The van der Waals surface area contributed by atoms with E-state index in [1.54, 1.807) is 7.11 Å². The van der Waals surface area contributed by atoms with Gasteiger partial charge in [0.15, 0.2) is 5.96 Å². The highest BCUT2D eigenvalue weighted by atomic mass is 16.5. The third-order valence-corrected chi connectivity index (χ3v) is 5.41. The summed E-state index contributed by atoms with van der Waals surface area (Å²) in [6.07, 6.45) is 3.43. The van der Waals surface area contributed by atoms with Gasteiger partial charge in [0.1, 0.15) is 5.75 Å². The van der Waals surface area contributed by atoms with Crippen LogP contribution in [0.5, 0.6) is 5.75 Å². The number of nitrogens with one attached hydrogen (secondary N) is 2. The van der Waals surface area contributed by atoms with Crippen LogP contribution in [0.2, 0.25) is 0 Å². The molecule has 5 nitrogen and oxygen atoms in total. The number of benzene rings is 1. The molecule has 28 heavy (non-hydrogen) atoms. The highest BCUT2D eigenvalue weighted by molar-refractivity contribution is 5.80. The number of methoxy groups -OCH3 is 1. The van der Waals surface area contributed by atoms with E-state index in [1.807, 2.05) is 12.1 Å². The molecular weight excluding hydrogens is 348 g/mol. The van der Waals surface area contributed by atoms with Crippen LogP contribution in [0.15, 0.2) is 29.3 Å². The summed E-state index contributed by atoms with van der Waals surface area (Å²) >= 11 is 0. The molecule has 1 atom stereocenters. The Morgan fingerprint density at radius 3 is 2.43 bits per heavy atom. The Balaban J connectivity index is 1.79. The van der Waals surface area contributed by atoms with Gasteiger partial charge in [-0.05, 0) is 55.7 Å². The summed E-state index contributed by atoms with van der Waals surface area (Å²) in [4.78, 5) is 7.42. The van der Waals surface area contributed by atoms with Crippen molar-refractivity contribution >= 4 is 5.96 Å². The normalized spacial score (nSPS) is 17.6. The second-order valence-corrected chi connectivity index (χ2v) is 8.34. The van der Waals surface area contributed by atoms with Crippen LogP contribution < -0.4 is 15.4 Å². The highest BCUT2D eigenvalue weighted by Gasteiger charge is 2.20. The number of rotatable bonds is 9. The van der Waals surface area contributed by atoms with Crippen molar-refractivity contribution in [3.05, 3.63) is 29.8 Å². The lowest BCUT2D eigenvalue weighted by Crippen LogP contribution is -2.49. The molecule has 158 valence electrons. The first-order chi connectivity index (χ1) is 13.5. The van der Waals surface area contributed by atoms with E-state index >= 15 is 0 Å². The van der Waals surface area contributed by atoms with E-state index in [9.17, 15) is 0 Å². The van der Waals surface area contributed by atoms with Crippen LogP contribution in [0.4, 0.5) is 0 Å². The number of ether oxygens (including phenoxy) is 1. The molecule has 0 bridgehead atoms. The lowest BCUT2D eigenvalue weighted by atomic mass is 9.98. The Morgan fingerprint density at radius 1 is 1.18 bits per heavy atom. The van der Waals surface area contributed by atoms with Gasteiger partial charge in [-0.15, -0.1) is 0 Å². The zero-order chi connectivity index (χ0) is 20.4. The SMILES string of the molecule is CCNC(=NCCC(C)c1ccc(OC)cc1)NC1CCN(CC(C)C)CC1. The average molecular weight is 389 g/mol. The fourth-order valence-electron chi connectivity index (χ4n) is 3.76. The number of likely N-dealkylation sites (tertiary alicyclic amines) is 1. The maximum absolute atomic E-state index is 5.24. The number of piperidine rings is 1. The molecule has 0 saturated carbocycles. The summed E-state index contributed by atoms with van der Waals surface area (Å²) in [5.41, 5.74) is 1.34. The van der Waals surface area contributed by atoms with E-state index in [4.69, 9.17) is 9.73 Å². The third kappa shape index (κ3) is 7.70. The molecule has 1 aromatic carbocycles. The van der Waals surface area contributed by atoms with Crippen molar-refractivity contribution in [2.24, 2.45) is 10.9 Å². The van der Waals surface area contributed by atoms with Crippen LogP contribution in [0.1, 0.15) is 58.4 Å². The third-order valence-electron chi connectivity index (χ3n) is 5.41. The first-order valence-corrected chi connectivity index (χ1v) is 10.9. The smallest absolute Gasteiger partial charge is 0.191 e. The lowest BCUT2D eigenvalue weighted by molar-refractivity contribution is 0.187. The molecule has 1 unspecified atom stereocenters. The van der Waals surface area contributed by atoms with Gasteiger partial charge in [0.2, 0.25) is 0 Å². The number of nitrogens with zero attached hydrogens (tertiary/aromatic N) is 2. The van der Waals surface area contributed by atoms with Crippen LogP contribution in [-0.4, -0.2) is 56.7 Å². The largest absolute Gasteiger partial charge is 0.497 e. The average Bonchev–Trinajstić information content (AvgIpc) is 2.69. The van der Waals surface area contributed by atoms with Crippen LogP contribution in [0.3, 0.4) is 0 Å². The Hall–Kier alpha value is -1.75. The summed E-state index contributed by atoms with van der Waals surface area (Å²) in [6.45, 7) is 14.3. The maximum atomic E-state index is 5.24. The minimum absolute atomic E-state index is 0.483. The zero-order valence-corrected chi connectivity index (χ0v) is 18.5. The Labute approximate surface area is 171 Å². The molecule has 1 aliphatic heterocycles. The van der Waals surface area contributed by atoms with Crippen molar-refractivity contribution in [2.45, 2.75) is 58.9 Å². The Bertz CT molecular complexity index is 577. The molecule has 0 aliphatic carbocycles. The van der Waals surface area contributed by atoms with Gasteiger partial charge in [0.25, 0.3) is 0 Å². The molecule has 2 N–H and O–H groups in total. The van der Waals surface area contributed by atoms with Gasteiger partial charge in [-0.1, -0.05) is 32.9 Å². The zero-order valence-electron chi connectivity index (χ0n) is 18.5. The fraction of sp³-hybridized carbons (Fsp3) is 0.696. The van der Waals surface area contributed by atoms with Crippen molar-refractivity contribution in [3.63, 3.8) is 0 Å². The Morgan fingerprint density at radius 2 is 1.86 bits per heavy atom. The predicted molar refractivity (Wildman–Crippen MR) is 119 cm³/mol. The highest BCUT2D eigenvalue weighted by Crippen LogP contribution is 2.21. The van der Waals surface area contributed by atoms with E-state index in [1.165, 1.54) is 38.0 Å². The van der Waals surface area contributed by atoms with E-state index in [0.717, 1.165) is 37.1 Å². The van der Waals surface area contributed by atoms with Crippen LogP contribution in [0.25, 0.3) is 0 Å². The molecule has 1 fully saturated rings. The van der Waals surface area contributed by atoms with Gasteiger partial charge < -0.3 is 20.3 Å². The van der Waals surface area contributed by atoms with Crippen molar-refractivity contribution in [1.29, 1.82) is 0 Å². The molecule has 5 heteroatoms. The van der Waals surface area contributed by atoms with Crippen LogP contribution >= 0.6 is 0 Å². The van der Waals surface area contributed by atoms with E-state index in [2.05, 4.69) is 55.4 Å². The first kappa shape index (κ1) is 22.5.